The molecule has 0 amide bonds. The van der Waals surface area contributed by atoms with Crippen molar-refractivity contribution >= 4 is 5.52 Å². The first kappa shape index (κ1) is 9.79. The number of pyridine rings is 1. The normalized spacial score (nSPS) is 9.93. The maximum absolute atomic E-state index is 4.19. The van der Waals surface area contributed by atoms with Crippen molar-refractivity contribution in [3.8, 4) is 11.8 Å². The van der Waals surface area contributed by atoms with E-state index in [9.17, 15) is 0 Å². The van der Waals surface area contributed by atoms with Crippen molar-refractivity contribution in [3.63, 3.8) is 0 Å². The zero-order valence-electron chi connectivity index (χ0n) is 8.90. The van der Waals surface area contributed by atoms with E-state index in [1.165, 1.54) is 5.56 Å². The summed E-state index contributed by atoms with van der Waals surface area (Å²) < 4.78 is 1.89. The molecule has 0 N–H and O–H groups in total. The van der Waals surface area contributed by atoms with Crippen molar-refractivity contribution in [1.82, 2.24) is 9.61 Å². The van der Waals surface area contributed by atoms with Crippen LogP contribution >= 0.6 is 0 Å². The van der Waals surface area contributed by atoms with E-state index in [2.05, 4.69) is 36.0 Å². The molecular weight excluding hydrogens is 184 g/mol. The van der Waals surface area contributed by atoms with E-state index in [4.69, 9.17) is 0 Å². The van der Waals surface area contributed by atoms with Gasteiger partial charge in [-0.15, -0.1) is 5.92 Å². The first-order valence-electron chi connectivity index (χ1n) is 5.28. The average molecular weight is 198 g/mol. The van der Waals surface area contributed by atoms with Gasteiger partial charge in [0.1, 0.15) is 0 Å². The molecule has 2 rings (SSSR count). The molecule has 2 nitrogen and oxygen atoms in total. The summed E-state index contributed by atoms with van der Waals surface area (Å²) in [5.74, 6) is 6.31. The molecule has 0 atom stereocenters. The molecule has 0 aliphatic rings. The fourth-order valence-corrected chi connectivity index (χ4v) is 1.44. The second kappa shape index (κ2) is 4.65. The van der Waals surface area contributed by atoms with Gasteiger partial charge >= 0.3 is 0 Å². The SMILES string of the molecule is CCCC#CCc1ccc2ccnn2c1. The number of fused-ring (bicyclic) bond motifs is 1. The molecule has 2 heteroatoms. The molecule has 2 aromatic heterocycles. The van der Waals surface area contributed by atoms with Gasteiger partial charge in [0.2, 0.25) is 0 Å². The second-order valence-corrected chi connectivity index (χ2v) is 3.52. The first-order valence-corrected chi connectivity index (χ1v) is 5.28. The van der Waals surface area contributed by atoms with Crippen LogP contribution in [0.4, 0.5) is 0 Å². The molecular formula is C13H14N2. The van der Waals surface area contributed by atoms with Gasteiger partial charge in [-0.05, 0) is 24.1 Å². The van der Waals surface area contributed by atoms with Crippen LogP contribution < -0.4 is 0 Å². The summed E-state index contributed by atoms with van der Waals surface area (Å²) in [4.78, 5) is 0. The summed E-state index contributed by atoms with van der Waals surface area (Å²) in [7, 11) is 0. The molecule has 0 saturated carbocycles. The number of nitrogens with zero attached hydrogens (tertiary/aromatic N) is 2. The van der Waals surface area contributed by atoms with Crippen LogP contribution in [0.5, 0.6) is 0 Å². The fourth-order valence-electron chi connectivity index (χ4n) is 1.44. The minimum atomic E-state index is 0.815. The highest BCUT2D eigenvalue weighted by atomic mass is 15.2. The Morgan fingerprint density at radius 3 is 3.07 bits per heavy atom. The van der Waals surface area contributed by atoms with Gasteiger partial charge in [-0.25, -0.2) is 4.52 Å². The number of hydrogen-bond donors (Lipinski definition) is 0. The van der Waals surface area contributed by atoms with E-state index in [0.29, 0.717) is 0 Å². The third kappa shape index (κ3) is 2.38. The molecule has 0 saturated heterocycles. The summed E-state index contributed by atoms with van der Waals surface area (Å²) in [6, 6.07) is 6.17. The second-order valence-electron chi connectivity index (χ2n) is 3.52. The van der Waals surface area contributed by atoms with Gasteiger partial charge in [0.05, 0.1) is 5.52 Å². The predicted octanol–water partition coefficient (Wildman–Crippen LogP) is 2.68. The molecule has 2 heterocycles. The third-order valence-corrected chi connectivity index (χ3v) is 2.25. The molecule has 0 aromatic carbocycles. The molecule has 2 aromatic rings. The predicted molar refractivity (Wildman–Crippen MR) is 61.6 cm³/mol. The topological polar surface area (TPSA) is 17.3 Å². The quantitative estimate of drug-likeness (QED) is 0.678. The largest absolute Gasteiger partial charge is 0.241 e. The minimum absolute atomic E-state index is 0.815. The zero-order chi connectivity index (χ0) is 10.5. The number of hydrogen-bond acceptors (Lipinski definition) is 1. The lowest BCUT2D eigenvalue weighted by molar-refractivity contribution is 0.945. The van der Waals surface area contributed by atoms with E-state index in [1.807, 2.05) is 23.0 Å². The highest BCUT2D eigenvalue weighted by molar-refractivity contribution is 5.46. The highest BCUT2D eigenvalue weighted by Gasteiger charge is 1.94. The zero-order valence-corrected chi connectivity index (χ0v) is 8.90. The van der Waals surface area contributed by atoms with Crippen molar-refractivity contribution in [3.05, 3.63) is 36.2 Å². The van der Waals surface area contributed by atoms with Crippen molar-refractivity contribution in [2.75, 3.05) is 0 Å². The highest BCUT2D eigenvalue weighted by Crippen LogP contribution is 2.05. The Labute approximate surface area is 89.9 Å². The fraction of sp³-hybridized carbons (Fsp3) is 0.308. The molecule has 0 spiro atoms. The van der Waals surface area contributed by atoms with Gasteiger partial charge < -0.3 is 0 Å². The smallest absolute Gasteiger partial charge is 0.0661 e. The first-order chi connectivity index (χ1) is 7.40. The third-order valence-electron chi connectivity index (χ3n) is 2.25. The number of unbranched alkanes of at least 4 members (excludes halogenated alkanes) is 1. The van der Waals surface area contributed by atoms with Gasteiger partial charge in [-0.3, -0.25) is 0 Å². The van der Waals surface area contributed by atoms with E-state index in [0.717, 1.165) is 24.8 Å². The maximum atomic E-state index is 4.19. The van der Waals surface area contributed by atoms with Crippen molar-refractivity contribution < 1.29 is 0 Å². The van der Waals surface area contributed by atoms with Crippen LogP contribution in [0.15, 0.2) is 30.6 Å². The summed E-state index contributed by atoms with van der Waals surface area (Å²) in [6.45, 7) is 2.14. The standard InChI is InChI=1S/C13H14N2/c1-2-3-4-5-6-12-7-8-13-9-10-14-15(13)11-12/h7-11H,2-3,6H2,1H3. The Balaban J connectivity index is 2.12. The van der Waals surface area contributed by atoms with Crippen LogP contribution in [-0.2, 0) is 6.42 Å². The van der Waals surface area contributed by atoms with Crippen LogP contribution in [0.25, 0.3) is 5.52 Å². The number of aromatic nitrogens is 2. The van der Waals surface area contributed by atoms with Crippen LogP contribution in [0.2, 0.25) is 0 Å². The Bertz CT molecular complexity index is 500. The lowest BCUT2D eigenvalue weighted by Crippen LogP contribution is -1.90. The molecule has 15 heavy (non-hydrogen) atoms. The number of rotatable bonds is 2. The van der Waals surface area contributed by atoms with Gasteiger partial charge in [-0.2, -0.15) is 5.10 Å². The Morgan fingerprint density at radius 1 is 1.27 bits per heavy atom. The van der Waals surface area contributed by atoms with E-state index in [-0.39, 0.29) is 0 Å². The summed E-state index contributed by atoms with van der Waals surface area (Å²) in [5, 5.41) is 4.19. The molecule has 0 aliphatic heterocycles. The van der Waals surface area contributed by atoms with Crippen LogP contribution in [0.1, 0.15) is 25.3 Å². The van der Waals surface area contributed by atoms with Gasteiger partial charge in [0.15, 0.2) is 0 Å². The van der Waals surface area contributed by atoms with Gasteiger partial charge in [0, 0.05) is 25.2 Å². The van der Waals surface area contributed by atoms with Gasteiger partial charge in [0.25, 0.3) is 0 Å². The Hall–Kier alpha value is -1.75. The van der Waals surface area contributed by atoms with E-state index < -0.39 is 0 Å². The summed E-state index contributed by atoms with van der Waals surface area (Å²) in [6.07, 6.45) is 6.78. The maximum Gasteiger partial charge on any atom is 0.0661 e. The van der Waals surface area contributed by atoms with Gasteiger partial charge in [-0.1, -0.05) is 18.9 Å². The molecule has 0 fully saturated rings. The van der Waals surface area contributed by atoms with Crippen molar-refractivity contribution in [1.29, 1.82) is 0 Å². The Morgan fingerprint density at radius 2 is 2.20 bits per heavy atom. The molecule has 0 bridgehead atoms. The van der Waals surface area contributed by atoms with Crippen LogP contribution in [-0.4, -0.2) is 9.61 Å². The molecule has 0 radical (unpaired) electrons. The molecule has 76 valence electrons. The molecule has 0 unspecified atom stereocenters. The lowest BCUT2D eigenvalue weighted by Gasteiger charge is -1.96. The van der Waals surface area contributed by atoms with E-state index >= 15 is 0 Å². The van der Waals surface area contributed by atoms with Crippen LogP contribution in [0, 0.1) is 11.8 Å². The summed E-state index contributed by atoms with van der Waals surface area (Å²) >= 11 is 0. The Kier molecular flexibility index (Phi) is 3.04. The average Bonchev–Trinajstić information content (AvgIpc) is 2.71. The minimum Gasteiger partial charge on any atom is -0.241 e. The van der Waals surface area contributed by atoms with Crippen molar-refractivity contribution in [2.45, 2.75) is 26.2 Å². The lowest BCUT2D eigenvalue weighted by atomic mass is 10.2. The van der Waals surface area contributed by atoms with E-state index in [1.54, 1.807) is 0 Å². The summed E-state index contributed by atoms with van der Waals surface area (Å²) in [5.41, 5.74) is 2.34. The van der Waals surface area contributed by atoms with Crippen LogP contribution in [0.3, 0.4) is 0 Å². The monoisotopic (exact) mass is 198 g/mol. The molecule has 0 aliphatic carbocycles. The van der Waals surface area contributed by atoms with Crippen molar-refractivity contribution in [2.24, 2.45) is 0 Å².